The molecule has 1 aromatic heterocycles. The average molecular weight is 223 g/mol. The highest BCUT2D eigenvalue weighted by Crippen LogP contribution is 2.15. The lowest BCUT2D eigenvalue weighted by atomic mass is 10.2. The molecule has 0 spiro atoms. The van der Waals surface area contributed by atoms with Crippen LogP contribution in [0.5, 0.6) is 0 Å². The van der Waals surface area contributed by atoms with Gasteiger partial charge in [-0.1, -0.05) is 23.5 Å². The van der Waals surface area contributed by atoms with Crippen molar-refractivity contribution in [2.75, 3.05) is 5.32 Å². The average Bonchev–Trinajstić information content (AvgIpc) is 2.62. The van der Waals surface area contributed by atoms with Crippen LogP contribution in [0.4, 0.5) is 9.52 Å². The Hall–Kier alpha value is -1.49. The molecular formula is C10H10FN3S. The van der Waals surface area contributed by atoms with Crippen LogP contribution in [0.1, 0.15) is 10.6 Å². The fraction of sp³-hybridized carbons (Fsp3) is 0.200. The molecule has 1 heterocycles. The topological polar surface area (TPSA) is 37.8 Å². The van der Waals surface area contributed by atoms with Gasteiger partial charge >= 0.3 is 0 Å². The van der Waals surface area contributed by atoms with Gasteiger partial charge in [0.25, 0.3) is 0 Å². The van der Waals surface area contributed by atoms with Crippen molar-refractivity contribution in [3.63, 3.8) is 0 Å². The Morgan fingerprint density at radius 1 is 1.40 bits per heavy atom. The van der Waals surface area contributed by atoms with E-state index in [4.69, 9.17) is 0 Å². The van der Waals surface area contributed by atoms with Crippen LogP contribution in [0, 0.1) is 12.7 Å². The largest absolute Gasteiger partial charge is 0.356 e. The predicted octanol–water partition coefficient (Wildman–Crippen LogP) is 2.60. The predicted molar refractivity (Wildman–Crippen MR) is 58.4 cm³/mol. The first-order valence-electron chi connectivity index (χ1n) is 4.52. The van der Waals surface area contributed by atoms with Gasteiger partial charge < -0.3 is 5.32 Å². The van der Waals surface area contributed by atoms with Gasteiger partial charge in [0, 0.05) is 6.54 Å². The number of aryl methyl sites for hydroxylation is 1. The number of hydrogen-bond donors (Lipinski definition) is 1. The molecule has 0 saturated carbocycles. The van der Waals surface area contributed by atoms with Crippen molar-refractivity contribution in [1.82, 2.24) is 10.2 Å². The Bertz CT molecular complexity index is 455. The monoisotopic (exact) mass is 223 g/mol. The fourth-order valence-electron chi connectivity index (χ4n) is 1.19. The van der Waals surface area contributed by atoms with Gasteiger partial charge in [-0.3, -0.25) is 0 Å². The minimum atomic E-state index is -0.220. The van der Waals surface area contributed by atoms with Gasteiger partial charge in [0.05, 0.1) is 0 Å². The Morgan fingerprint density at radius 3 is 2.93 bits per heavy atom. The van der Waals surface area contributed by atoms with Crippen molar-refractivity contribution < 1.29 is 4.39 Å². The lowest BCUT2D eigenvalue weighted by Gasteiger charge is -2.01. The summed E-state index contributed by atoms with van der Waals surface area (Å²) in [4.78, 5) is 0. The number of nitrogens with one attached hydrogen (secondary N) is 1. The van der Waals surface area contributed by atoms with Gasteiger partial charge in [-0.25, -0.2) is 4.39 Å². The first kappa shape index (κ1) is 10.0. The lowest BCUT2D eigenvalue weighted by molar-refractivity contribution is 0.626. The molecule has 0 bridgehead atoms. The van der Waals surface area contributed by atoms with E-state index in [-0.39, 0.29) is 5.82 Å². The molecule has 2 rings (SSSR count). The molecule has 0 radical (unpaired) electrons. The van der Waals surface area contributed by atoms with Crippen LogP contribution in [0.2, 0.25) is 0 Å². The van der Waals surface area contributed by atoms with Crippen LogP contribution < -0.4 is 5.32 Å². The number of rotatable bonds is 3. The standard InChI is InChI=1S/C10H10FN3S/c1-7-13-14-10(15-7)12-6-8-3-2-4-9(11)5-8/h2-5H,6H2,1H3,(H,12,14). The van der Waals surface area contributed by atoms with Crippen LogP contribution >= 0.6 is 11.3 Å². The second-order valence-corrected chi connectivity index (χ2v) is 4.29. The van der Waals surface area contributed by atoms with Gasteiger partial charge in [-0.05, 0) is 24.6 Å². The minimum absolute atomic E-state index is 0.220. The maximum Gasteiger partial charge on any atom is 0.205 e. The molecule has 15 heavy (non-hydrogen) atoms. The van der Waals surface area contributed by atoms with Gasteiger partial charge in [-0.2, -0.15) is 0 Å². The Kier molecular flexibility index (Phi) is 2.91. The molecule has 0 atom stereocenters. The van der Waals surface area contributed by atoms with Crippen molar-refractivity contribution in [3.05, 3.63) is 40.7 Å². The first-order valence-corrected chi connectivity index (χ1v) is 5.34. The third-order valence-electron chi connectivity index (χ3n) is 1.86. The van der Waals surface area contributed by atoms with Gasteiger partial charge in [0.2, 0.25) is 5.13 Å². The summed E-state index contributed by atoms with van der Waals surface area (Å²) in [6.45, 7) is 2.46. The number of anilines is 1. The smallest absolute Gasteiger partial charge is 0.205 e. The van der Waals surface area contributed by atoms with E-state index >= 15 is 0 Å². The molecule has 78 valence electrons. The summed E-state index contributed by atoms with van der Waals surface area (Å²) >= 11 is 1.48. The van der Waals surface area contributed by atoms with Crippen molar-refractivity contribution in [3.8, 4) is 0 Å². The zero-order valence-corrected chi connectivity index (χ0v) is 9.01. The zero-order valence-electron chi connectivity index (χ0n) is 8.20. The summed E-state index contributed by atoms with van der Waals surface area (Å²) in [6.07, 6.45) is 0. The highest BCUT2D eigenvalue weighted by atomic mass is 32.1. The Labute approximate surface area is 91.0 Å². The summed E-state index contributed by atoms with van der Waals surface area (Å²) in [6, 6.07) is 6.49. The molecule has 0 aliphatic carbocycles. The van der Waals surface area contributed by atoms with Crippen molar-refractivity contribution in [2.45, 2.75) is 13.5 Å². The van der Waals surface area contributed by atoms with Crippen LogP contribution in [-0.4, -0.2) is 10.2 Å². The molecule has 0 aliphatic heterocycles. The number of nitrogens with zero attached hydrogens (tertiary/aromatic N) is 2. The third-order valence-corrected chi connectivity index (χ3v) is 2.66. The third kappa shape index (κ3) is 2.73. The quantitative estimate of drug-likeness (QED) is 0.869. The summed E-state index contributed by atoms with van der Waals surface area (Å²) in [5.74, 6) is -0.220. The molecule has 0 saturated heterocycles. The van der Waals surface area contributed by atoms with Crippen LogP contribution in [-0.2, 0) is 6.54 Å². The Morgan fingerprint density at radius 2 is 2.27 bits per heavy atom. The van der Waals surface area contributed by atoms with E-state index in [0.29, 0.717) is 6.54 Å². The Balaban J connectivity index is 1.99. The van der Waals surface area contributed by atoms with Crippen molar-refractivity contribution in [1.29, 1.82) is 0 Å². The van der Waals surface area contributed by atoms with Gasteiger partial charge in [0.1, 0.15) is 10.8 Å². The number of halogens is 1. The van der Waals surface area contributed by atoms with Crippen molar-refractivity contribution >= 4 is 16.5 Å². The molecule has 1 aromatic carbocycles. The van der Waals surface area contributed by atoms with Crippen LogP contribution in [0.3, 0.4) is 0 Å². The molecule has 0 aliphatic rings. The van der Waals surface area contributed by atoms with E-state index in [0.717, 1.165) is 15.7 Å². The highest BCUT2D eigenvalue weighted by Gasteiger charge is 2.00. The SMILES string of the molecule is Cc1nnc(NCc2cccc(F)c2)s1. The summed E-state index contributed by atoms with van der Waals surface area (Å²) in [5.41, 5.74) is 0.892. The van der Waals surface area contributed by atoms with Crippen LogP contribution in [0.15, 0.2) is 24.3 Å². The molecule has 3 nitrogen and oxygen atoms in total. The lowest BCUT2D eigenvalue weighted by Crippen LogP contribution is -1.99. The highest BCUT2D eigenvalue weighted by molar-refractivity contribution is 7.15. The molecule has 0 fully saturated rings. The minimum Gasteiger partial charge on any atom is -0.356 e. The summed E-state index contributed by atoms with van der Waals surface area (Å²) in [7, 11) is 0. The maximum absolute atomic E-state index is 12.8. The van der Waals surface area contributed by atoms with E-state index in [2.05, 4.69) is 15.5 Å². The van der Waals surface area contributed by atoms with Crippen molar-refractivity contribution in [2.24, 2.45) is 0 Å². The molecule has 5 heteroatoms. The summed E-state index contributed by atoms with van der Waals surface area (Å²) < 4.78 is 12.8. The maximum atomic E-state index is 12.8. The second kappa shape index (κ2) is 4.35. The number of aromatic nitrogens is 2. The number of hydrogen-bond acceptors (Lipinski definition) is 4. The fourth-order valence-corrected chi connectivity index (χ4v) is 1.78. The van der Waals surface area contributed by atoms with Crippen LogP contribution in [0.25, 0.3) is 0 Å². The summed E-state index contributed by atoms with van der Waals surface area (Å²) in [5, 5.41) is 12.6. The second-order valence-electron chi connectivity index (χ2n) is 3.11. The molecule has 1 N–H and O–H groups in total. The van der Waals surface area contributed by atoms with E-state index in [9.17, 15) is 4.39 Å². The zero-order chi connectivity index (χ0) is 10.7. The molecule has 0 unspecified atom stereocenters. The van der Waals surface area contributed by atoms with E-state index < -0.39 is 0 Å². The van der Waals surface area contributed by atoms with E-state index in [1.807, 2.05) is 13.0 Å². The molecular weight excluding hydrogens is 213 g/mol. The molecule has 0 amide bonds. The number of benzene rings is 1. The van der Waals surface area contributed by atoms with E-state index in [1.165, 1.54) is 23.5 Å². The van der Waals surface area contributed by atoms with Gasteiger partial charge in [-0.15, -0.1) is 10.2 Å². The van der Waals surface area contributed by atoms with E-state index in [1.54, 1.807) is 6.07 Å². The normalized spacial score (nSPS) is 10.3. The molecule has 2 aromatic rings. The van der Waals surface area contributed by atoms with Gasteiger partial charge in [0.15, 0.2) is 0 Å². The first-order chi connectivity index (χ1) is 7.24.